The Morgan fingerprint density at radius 3 is 2.75 bits per heavy atom. The van der Waals surface area contributed by atoms with Gasteiger partial charge in [-0.1, -0.05) is 36.9 Å². The number of thioether (sulfide) groups is 1. The van der Waals surface area contributed by atoms with Gasteiger partial charge in [0.2, 0.25) is 11.0 Å². The quantitative estimate of drug-likeness (QED) is 0.719. The molecule has 0 radical (unpaired) electrons. The van der Waals surface area contributed by atoms with Gasteiger partial charge in [-0.2, -0.15) is 0 Å². The molecule has 0 fully saturated rings. The highest BCUT2D eigenvalue weighted by atomic mass is 32.2. The molecule has 9 heteroatoms. The minimum atomic E-state index is -0.682. The van der Waals surface area contributed by atoms with E-state index in [2.05, 4.69) is 34.7 Å². The first-order valence-electron chi connectivity index (χ1n) is 7.35. The van der Waals surface area contributed by atoms with E-state index in [-0.39, 0.29) is 5.69 Å². The van der Waals surface area contributed by atoms with Gasteiger partial charge < -0.3 is 10.6 Å². The smallest absolute Gasteiger partial charge is 0.237 e. The minimum Gasteiger partial charge on any atom is -0.360 e. The molecule has 0 aliphatic heterocycles. The summed E-state index contributed by atoms with van der Waals surface area (Å²) in [6.45, 7) is 6.62. The largest absolute Gasteiger partial charge is 0.360 e. The number of hydrogen-bond donors (Lipinski definition) is 2. The van der Waals surface area contributed by atoms with Crippen LogP contribution in [0.3, 0.4) is 0 Å². The predicted octanol–water partition coefficient (Wildman–Crippen LogP) is 4.00. The molecule has 1 unspecified atom stereocenters. The predicted molar refractivity (Wildman–Crippen MR) is 93.5 cm³/mol. The van der Waals surface area contributed by atoms with E-state index >= 15 is 0 Å². The van der Waals surface area contributed by atoms with Crippen molar-refractivity contribution in [3.63, 3.8) is 0 Å². The van der Waals surface area contributed by atoms with Crippen LogP contribution in [-0.2, 0) is 4.79 Å². The second-order valence-corrected chi connectivity index (χ2v) is 8.09. The molecule has 2 N–H and O–H groups in total. The van der Waals surface area contributed by atoms with Crippen LogP contribution in [0.25, 0.3) is 0 Å². The lowest BCUT2D eigenvalue weighted by Crippen LogP contribution is -2.23. The van der Waals surface area contributed by atoms with E-state index in [1.54, 1.807) is 6.92 Å². The van der Waals surface area contributed by atoms with Gasteiger partial charge >= 0.3 is 0 Å². The molecule has 24 heavy (non-hydrogen) atoms. The maximum atomic E-state index is 13.6. The van der Waals surface area contributed by atoms with Gasteiger partial charge in [0.1, 0.15) is 11.6 Å². The van der Waals surface area contributed by atoms with Crippen LogP contribution in [-0.4, -0.2) is 27.9 Å². The topological polar surface area (TPSA) is 66.9 Å². The fraction of sp³-hybridized carbons (Fsp3) is 0.400. The molecule has 1 amide bonds. The molecular weight excluding hydrogens is 354 g/mol. The highest BCUT2D eigenvalue weighted by Crippen LogP contribution is 2.29. The maximum Gasteiger partial charge on any atom is 0.237 e. The molecule has 2 aromatic rings. The summed E-state index contributed by atoms with van der Waals surface area (Å²) in [5.74, 6) is -1.25. The Balaban J connectivity index is 1.93. The first-order chi connectivity index (χ1) is 11.3. The molecule has 130 valence electrons. The number of carbonyl (C=O) groups is 1. The molecule has 0 spiro atoms. The van der Waals surface area contributed by atoms with Gasteiger partial charge in [0.05, 0.1) is 10.9 Å². The molecule has 1 atom stereocenters. The lowest BCUT2D eigenvalue weighted by atomic mass is 10.2. The zero-order chi connectivity index (χ0) is 17.7. The summed E-state index contributed by atoms with van der Waals surface area (Å²) in [5, 5.41) is 13.7. The number of amides is 1. The molecule has 0 saturated heterocycles. The SMILES string of the molecule is CC(C)CNc1nnc(SC(C)C(=O)Nc2cc(F)ccc2F)s1. The number of aromatic nitrogens is 2. The maximum absolute atomic E-state index is 13.6. The fourth-order valence-corrected chi connectivity index (χ4v) is 3.56. The van der Waals surface area contributed by atoms with Gasteiger partial charge in [-0.25, -0.2) is 8.78 Å². The minimum absolute atomic E-state index is 0.177. The van der Waals surface area contributed by atoms with Crippen LogP contribution in [0.5, 0.6) is 0 Å². The van der Waals surface area contributed by atoms with Crippen molar-refractivity contribution in [2.45, 2.75) is 30.4 Å². The van der Waals surface area contributed by atoms with E-state index in [9.17, 15) is 13.6 Å². The Hall–Kier alpha value is -1.74. The van der Waals surface area contributed by atoms with Crippen LogP contribution in [0.15, 0.2) is 22.5 Å². The van der Waals surface area contributed by atoms with Crippen LogP contribution in [0, 0.1) is 17.6 Å². The average Bonchev–Trinajstić information content (AvgIpc) is 2.96. The molecule has 2 rings (SSSR count). The van der Waals surface area contributed by atoms with Crippen LogP contribution >= 0.6 is 23.1 Å². The van der Waals surface area contributed by atoms with Gasteiger partial charge in [-0.3, -0.25) is 4.79 Å². The lowest BCUT2D eigenvalue weighted by molar-refractivity contribution is -0.115. The van der Waals surface area contributed by atoms with Crippen LogP contribution in [0.1, 0.15) is 20.8 Å². The molecule has 1 aromatic heterocycles. The monoisotopic (exact) mass is 372 g/mol. The van der Waals surface area contributed by atoms with Gasteiger partial charge in [0.25, 0.3) is 0 Å². The van der Waals surface area contributed by atoms with Crippen molar-refractivity contribution in [2.75, 3.05) is 17.2 Å². The van der Waals surface area contributed by atoms with Gasteiger partial charge in [-0.15, -0.1) is 10.2 Å². The van der Waals surface area contributed by atoms with Crippen molar-refractivity contribution < 1.29 is 13.6 Å². The Bertz CT molecular complexity index is 709. The first kappa shape index (κ1) is 18.6. The van der Waals surface area contributed by atoms with E-state index in [0.717, 1.165) is 24.7 Å². The lowest BCUT2D eigenvalue weighted by Gasteiger charge is -2.11. The molecule has 0 bridgehead atoms. The summed E-state index contributed by atoms with van der Waals surface area (Å²) in [6.07, 6.45) is 0. The van der Waals surface area contributed by atoms with Gasteiger partial charge in [-0.05, 0) is 25.0 Å². The normalized spacial score (nSPS) is 12.2. The Morgan fingerprint density at radius 1 is 1.29 bits per heavy atom. The van der Waals surface area contributed by atoms with Crippen molar-refractivity contribution in [2.24, 2.45) is 5.92 Å². The molecule has 1 aromatic carbocycles. The molecular formula is C15H18F2N4OS2. The first-order valence-corrected chi connectivity index (χ1v) is 9.04. The molecule has 1 heterocycles. The highest BCUT2D eigenvalue weighted by molar-refractivity contribution is 8.02. The Kier molecular flexibility index (Phi) is 6.50. The summed E-state index contributed by atoms with van der Waals surface area (Å²) in [7, 11) is 0. The van der Waals surface area contributed by atoms with Gasteiger partial charge in [0.15, 0.2) is 4.34 Å². The number of halogens is 2. The molecule has 0 aliphatic rings. The van der Waals surface area contributed by atoms with Crippen molar-refractivity contribution in [3.05, 3.63) is 29.8 Å². The number of anilines is 2. The highest BCUT2D eigenvalue weighted by Gasteiger charge is 2.19. The summed E-state index contributed by atoms with van der Waals surface area (Å²) in [5.41, 5.74) is -0.177. The fourth-order valence-electron chi connectivity index (χ4n) is 1.65. The number of nitrogens with one attached hydrogen (secondary N) is 2. The van der Waals surface area contributed by atoms with Crippen LogP contribution in [0.4, 0.5) is 19.6 Å². The third kappa shape index (κ3) is 5.41. The third-order valence-corrected chi connectivity index (χ3v) is 4.97. The van der Waals surface area contributed by atoms with E-state index in [1.807, 2.05) is 0 Å². The average molecular weight is 372 g/mol. The van der Waals surface area contributed by atoms with Crippen molar-refractivity contribution in [1.29, 1.82) is 0 Å². The number of benzene rings is 1. The van der Waals surface area contributed by atoms with E-state index in [0.29, 0.717) is 15.4 Å². The van der Waals surface area contributed by atoms with Crippen LogP contribution < -0.4 is 10.6 Å². The molecule has 5 nitrogen and oxygen atoms in total. The van der Waals surface area contributed by atoms with Gasteiger partial charge in [0, 0.05) is 12.6 Å². The standard InChI is InChI=1S/C15H18F2N4OS2/c1-8(2)7-18-14-20-21-15(24-14)23-9(3)13(22)19-12-6-10(16)4-5-11(12)17/h4-6,8-9H,7H2,1-3H3,(H,18,20)(H,19,22). The number of rotatable bonds is 7. The van der Waals surface area contributed by atoms with Crippen molar-refractivity contribution in [3.8, 4) is 0 Å². The second-order valence-electron chi connectivity index (χ2n) is 5.52. The zero-order valence-corrected chi connectivity index (χ0v) is 15.1. The van der Waals surface area contributed by atoms with Crippen molar-refractivity contribution in [1.82, 2.24) is 10.2 Å². The zero-order valence-electron chi connectivity index (χ0n) is 13.5. The third-order valence-electron chi connectivity index (χ3n) is 2.90. The number of carbonyl (C=O) groups excluding carboxylic acids is 1. The number of hydrogen-bond acceptors (Lipinski definition) is 6. The summed E-state index contributed by atoms with van der Waals surface area (Å²) in [6, 6.07) is 2.92. The van der Waals surface area contributed by atoms with E-state index in [4.69, 9.17) is 0 Å². The second kappa shape index (κ2) is 8.39. The Morgan fingerprint density at radius 2 is 2.04 bits per heavy atom. The Labute approximate surface area is 147 Å². The summed E-state index contributed by atoms with van der Waals surface area (Å²) < 4.78 is 27.3. The summed E-state index contributed by atoms with van der Waals surface area (Å²) >= 11 is 2.56. The molecule has 0 saturated carbocycles. The van der Waals surface area contributed by atoms with Crippen molar-refractivity contribution >= 4 is 39.8 Å². The van der Waals surface area contributed by atoms with E-state index < -0.39 is 22.8 Å². The summed E-state index contributed by atoms with van der Waals surface area (Å²) in [4.78, 5) is 12.1. The van der Waals surface area contributed by atoms with E-state index in [1.165, 1.54) is 23.1 Å². The molecule has 0 aliphatic carbocycles. The van der Waals surface area contributed by atoms with Crippen LogP contribution in [0.2, 0.25) is 0 Å². The number of nitrogens with zero attached hydrogens (tertiary/aromatic N) is 2.